The normalized spacial score (nSPS) is 10.1. The molecule has 0 amide bonds. The van der Waals surface area contributed by atoms with Crippen molar-refractivity contribution >= 4 is 17.6 Å². The van der Waals surface area contributed by atoms with Crippen LogP contribution in [0.4, 0.5) is 0 Å². The molecule has 1 aromatic carbocycles. The van der Waals surface area contributed by atoms with Crippen LogP contribution in [-0.4, -0.2) is 24.7 Å². The van der Waals surface area contributed by atoms with Crippen LogP contribution in [0.5, 0.6) is 11.5 Å². The minimum absolute atomic E-state index is 0.139. The Balaban J connectivity index is 2.14. The van der Waals surface area contributed by atoms with Gasteiger partial charge in [-0.25, -0.2) is 4.79 Å². The lowest BCUT2D eigenvalue weighted by atomic mass is 10.2. The summed E-state index contributed by atoms with van der Waals surface area (Å²) in [6.45, 7) is 2.42. The van der Waals surface area contributed by atoms with E-state index in [0.717, 1.165) is 5.56 Å². The summed E-state index contributed by atoms with van der Waals surface area (Å²) < 4.78 is 15.8. The summed E-state index contributed by atoms with van der Waals surface area (Å²) in [4.78, 5) is 16.1. The average molecular weight is 322 g/mol. The number of ether oxygens (including phenoxy) is 3. The molecule has 0 N–H and O–H groups in total. The van der Waals surface area contributed by atoms with Crippen LogP contribution in [-0.2, 0) is 11.3 Å². The van der Waals surface area contributed by atoms with Gasteiger partial charge < -0.3 is 14.2 Å². The molecule has 0 spiro atoms. The Bertz CT molecular complexity index is 646. The lowest BCUT2D eigenvalue weighted by molar-refractivity contribution is 0.0472. The van der Waals surface area contributed by atoms with Gasteiger partial charge in [0.25, 0.3) is 0 Å². The SMILES string of the molecule is CCOc1c(Cl)cc(C(=O)OCc2cccnc2)cc1OC. The monoisotopic (exact) mass is 321 g/mol. The third-order valence-electron chi connectivity index (χ3n) is 2.85. The van der Waals surface area contributed by atoms with Crippen molar-refractivity contribution in [1.82, 2.24) is 4.98 Å². The number of halogens is 1. The number of esters is 1. The molecular formula is C16H16ClNO4. The fourth-order valence-corrected chi connectivity index (χ4v) is 2.10. The van der Waals surface area contributed by atoms with Gasteiger partial charge in [-0.05, 0) is 25.1 Å². The second-order valence-corrected chi connectivity index (χ2v) is 4.77. The average Bonchev–Trinajstić information content (AvgIpc) is 2.55. The van der Waals surface area contributed by atoms with E-state index in [2.05, 4.69) is 4.98 Å². The van der Waals surface area contributed by atoms with Gasteiger partial charge in [0.15, 0.2) is 11.5 Å². The van der Waals surface area contributed by atoms with Crippen LogP contribution in [0.2, 0.25) is 5.02 Å². The molecule has 6 heteroatoms. The van der Waals surface area contributed by atoms with Gasteiger partial charge in [-0.1, -0.05) is 17.7 Å². The molecule has 2 rings (SSSR count). The van der Waals surface area contributed by atoms with Crippen molar-refractivity contribution in [2.75, 3.05) is 13.7 Å². The van der Waals surface area contributed by atoms with Crippen LogP contribution in [0.1, 0.15) is 22.8 Å². The summed E-state index contributed by atoms with van der Waals surface area (Å²) in [5, 5.41) is 0.300. The molecule has 0 atom stereocenters. The Labute approximate surface area is 133 Å². The number of rotatable bonds is 6. The predicted molar refractivity (Wildman–Crippen MR) is 82.5 cm³/mol. The van der Waals surface area contributed by atoms with Gasteiger partial charge in [0.1, 0.15) is 6.61 Å². The van der Waals surface area contributed by atoms with Crippen LogP contribution < -0.4 is 9.47 Å². The van der Waals surface area contributed by atoms with Crippen molar-refractivity contribution in [2.45, 2.75) is 13.5 Å². The summed E-state index contributed by atoms with van der Waals surface area (Å²) in [6, 6.07) is 6.65. The molecule has 22 heavy (non-hydrogen) atoms. The first kappa shape index (κ1) is 16.1. The zero-order valence-electron chi connectivity index (χ0n) is 12.3. The van der Waals surface area contributed by atoms with Gasteiger partial charge in [0.2, 0.25) is 0 Å². The molecule has 1 heterocycles. The topological polar surface area (TPSA) is 57.7 Å². The Kier molecular flexibility index (Phi) is 5.61. The van der Waals surface area contributed by atoms with E-state index in [9.17, 15) is 4.79 Å². The molecule has 0 aliphatic rings. The maximum absolute atomic E-state index is 12.1. The number of benzene rings is 1. The van der Waals surface area contributed by atoms with Gasteiger partial charge in [-0.15, -0.1) is 0 Å². The Morgan fingerprint density at radius 1 is 1.36 bits per heavy atom. The van der Waals surface area contributed by atoms with E-state index in [1.807, 2.05) is 13.0 Å². The number of aromatic nitrogens is 1. The molecule has 116 valence electrons. The van der Waals surface area contributed by atoms with Crippen LogP contribution >= 0.6 is 11.6 Å². The highest BCUT2D eigenvalue weighted by Gasteiger charge is 2.16. The van der Waals surface area contributed by atoms with E-state index in [1.54, 1.807) is 24.5 Å². The van der Waals surface area contributed by atoms with Crippen molar-refractivity contribution in [3.05, 3.63) is 52.8 Å². The lowest BCUT2D eigenvalue weighted by Crippen LogP contribution is -2.07. The molecule has 0 saturated heterocycles. The molecule has 0 bridgehead atoms. The number of nitrogens with zero attached hydrogens (tertiary/aromatic N) is 1. The van der Waals surface area contributed by atoms with Crippen LogP contribution in [0.3, 0.4) is 0 Å². The largest absolute Gasteiger partial charge is 0.493 e. The van der Waals surface area contributed by atoms with Gasteiger partial charge in [-0.2, -0.15) is 0 Å². The summed E-state index contributed by atoms with van der Waals surface area (Å²) >= 11 is 6.13. The molecule has 0 fully saturated rings. The fourth-order valence-electron chi connectivity index (χ4n) is 1.84. The Morgan fingerprint density at radius 2 is 2.18 bits per heavy atom. The van der Waals surface area contributed by atoms with E-state index in [1.165, 1.54) is 13.2 Å². The van der Waals surface area contributed by atoms with Gasteiger partial charge >= 0.3 is 5.97 Å². The van der Waals surface area contributed by atoms with E-state index in [-0.39, 0.29) is 6.61 Å². The summed E-state index contributed by atoms with van der Waals surface area (Å²) in [6.07, 6.45) is 3.29. The second kappa shape index (κ2) is 7.66. The number of hydrogen-bond donors (Lipinski definition) is 0. The number of pyridine rings is 1. The highest BCUT2D eigenvalue weighted by atomic mass is 35.5. The number of methoxy groups -OCH3 is 1. The molecular weight excluding hydrogens is 306 g/mol. The highest BCUT2D eigenvalue weighted by molar-refractivity contribution is 6.32. The fraction of sp³-hybridized carbons (Fsp3) is 0.250. The Hall–Kier alpha value is -2.27. The zero-order chi connectivity index (χ0) is 15.9. The Morgan fingerprint density at radius 3 is 2.82 bits per heavy atom. The third-order valence-corrected chi connectivity index (χ3v) is 3.13. The van der Waals surface area contributed by atoms with Crippen molar-refractivity contribution in [3.63, 3.8) is 0 Å². The molecule has 0 saturated carbocycles. The minimum Gasteiger partial charge on any atom is -0.493 e. The quantitative estimate of drug-likeness (QED) is 0.762. The van der Waals surface area contributed by atoms with E-state index in [0.29, 0.717) is 28.7 Å². The number of carbonyl (C=O) groups is 1. The highest BCUT2D eigenvalue weighted by Crippen LogP contribution is 2.36. The molecule has 0 aliphatic heterocycles. The lowest BCUT2D eigenvalue weighted by Gasteiger charge is -2.13. The van der Waals surface area contributed by atoms with Gasteiger partial charge in [-0.3, -0.25) is 4.98 Å². The summed E-state index contributed by atoms with van der Waals surface area (Å²) in [5.41, 5.74) is 1.11. The van der Waals surface area contributed by atoms with Crippen molar-refractivity contribution in [1.29, 1.82) is 0 Å². The van der Waals surface area contributed by atoms with Crippen molar-refractivity contribution in [3.8, 4) is 11.5 Å². The summed E-state index contributed by atoms with van der Waals surface area (Å²) in [5.74, 6) is 0.310. The predicted octanol–water partition coefficient (Wildman–Crippen LogP) is 3.50. The first-order valence-electron chi connectivity index (χ1n) is 6.72. The first-order chi connectivity index (χ1) is 10.7. The van der Waals surface area contributed by atoms with E-state index in [4.69, 9.17) is 25.8 Å². The second-order valence-electron chi connectivity index (χ2n) is 4.36. The van der Waals surface area contributed by atoms with E-state index >= 15 is 0 Å². The van der Waals surface area contributed by atoms with Crippen LogP contribution in [0, 0.1) is 0 Å². The maximum Gasteiger partial charge on any atom is 0.338 e. The van der Waals surface area contributed by atoms with E-state index < -0.39 is 5.97 Å². The summed E-state index contributed by atoms with van der Waals surface area (Å²) in [7, 11) is 1.49. The van der Waals surface area contributed by atoms with Crippen LogP contribution in [0.15, 0.2) is 36.7 Å². The van der Waals surface area contributed by atoms with Crippen molar-refractivity contribution < 1.29 is 19.0 Å². The minimum atomic E-state index is -0.493. The van der Waals surface area contributed by atoms with Gasteiger partial charge in [0, 0.05) is 18.0 Å². The van der Waals surface area contributed by atoms with Crippen LogP contribution in [0.25, 0.3) is 0 Å². The molecule has 2 aromatic rings. The third kappa shape index (κ3) is 3.89. The smallest absolute Gasteiger partial charge is 0.338 e. The molecule has 0 unspecified atom stereocenters. The molecule has 0 radical (unpaired) electrons. The molecule has 1 aromatic heterocycles. The maximum atomic E-state index is 12.1. The molecule has 5 nitrogen and oxygen atoms in total. The zero-order valence-corrected chi connectivity index (χ0v) is 13.1. The van der Waals surface area contributed by atoms with Crippen molar-refractivity contribution in [2.24, 2.45) is 0 Å². The number of carbonyl (C=O) groups excluding carboxylic acids is 1. The standard InChI is InChI=1S/C16H16ClNO4/c1-3-21-15-13(17)7-12(8-14(15)20-2)16(19)22-10-11-5-4-6-18-9-11/h4-9H,3,10H2,1-2H3. The molecule has 0 aliphatic carbocycles. The van der Waals surface area contributed by atoms with Gasteiger partial charge in [0.05, 0.1) is 24.3 Å². The number of hydrogen-bond acceptors (Lipinski definition) is 5. The first-order valence-corrected chi connectivity index (χ1v) is 7.09.